The zero-order chi connectivity index (χ0) is 14.3. The van der Waals surface area contributed by atoms with Crippen LogP contribution >= 0.6 is 0 Å². The van der Waals surface area contributed by atoms with E-state index in [2.05, 4.69) is 26.1 Å². The maximum absolute atomic E-state index is 11.8. The molecule has 106 valence electrons. The lowest BCUT2D eigenvalue weighted by Crippen LogP contribution is -2.32. The number of nitrogens with one attached hydrogen (secondary N) is 1. The summed E-state index contributed by atoms with van der Waals surface area (Å²) in [4.78, 5) is 11.8. The first-order valence-corrected chi connectivity index (χ1v) is 7.06. The van der Waals surface area contributed by atoms with Crippen LogP contribution in [0.1, 0.15) is 45.2 Å². The number of nitrogens with two attached hydrogens (primary N) is 1. The number of amides is 1. The first-order valence-electron chi connectivity index (χ1n) is 7.06. The Balaban J connectivity index is 2.30. The van der Waals surface area contributed by atoms with Crippen LogP contribution in [0, 0.1) is 11.8 Å². The van der Waals surface area contributed by atoms with Crippen LogP contribution in [-0.2, 0) is 4.79 Å². The summed E-state index contributed by atoms with van der Waals surface area (Å²) in [5.74, 6) is 1.15. The number of hydrogen-bond donors (Lipinski definition) is 2. The Bertz CT molecular complexity index is 376. The zero-order valence-corrected chi connectivity index (χ0v) is 12.2. The minimum absolute atomic E-state index is 0.0968. The first kappa shape index (κ1) is 15.7. The van der Waals surface area contributed by atoms with Gasteiger partial charge in [0.1, 0.15) is 0 Å². The van der Waals surface area contributed by atoms with Gasteiger partial charge in [-0.1, -0.05) is 51.1 Å². The van der Waals surface area contributed by atoms with Crippen molar-refractivity contribution in [3.8, 4) is 0 Å². The van der Waals surface area contributed by atoms with E-state index in [1.54, 1.807) is 0 Å². The monoisotopic (exact) mass is 262 g/mol. The maximum Gasteiger partial charge on any atom is 0.220 e. The average Bonchev–Trinajstić information content (AvgIpc) is 2.36. The van der Waals surface area contributed by atoms with Crippen LogP contribution in [0.3, 0.4) is 0 Å². The predicted molar refractivity (Wildman–Crippen MR) is 79.6 cm³/mol. The van der Waals surface area contributed by atoms with E-state index in [0.717, 1.165) is 12.0 Å². The lowest BCUT2D eigenvalue weighted by molar-refractivity contribution is -0.122. The van der Waals surface area contributed by atoms with Crippen LogP contribution in [0.25, 0.3) is 0 Å². The number of carbonyl (C=O) groups is 1. The molecule has 0 saturated heterocycles. The molecule has 0 fully saturated rings. The molecule has 1 aromatic carbocycles. The molecule has 2 unspecified atom stereocenters. The second-order valence-corrected chi connectivity index (χ2v) is 5.76. The molecule has 1 rings (SSSR count). The summed E-state index contributed by atoms with van der Waals surface area (Å²) in [5.41, 5.74) is 7.09. The first-order chi connectivity index (χ1) is 8.99. The van der Waals surface area contributed by atoms with E-state index in [0.29, 0.717) is 24.8 Å². The molecular formula is C16H26N2O. The largest absolute Gasteiger partial charge is 0.354 e. The standard InChI is InChI=1S/C16H26N2O/c1-12(2)9-13(3)10-16(19)18-11-15(17)14-7-5-4-6-8-14/h4-8,12-13,15H,9-11,17H2,1-3H3,(H,18,19). The molecule has 1 amide bonds. The summed E-state index contributed by atoms with van der Waals surface area (Å²) < 4.78 is 0. The summed E-state index contributed by atoms with van der Waals surface area (Å²) in [7, 11) is 0. The molecule has 0 saturated carbocycles. The summed E-state index contributed by atoms with van der Waals surface area (Å²) in [6, 6.07) is 9.72. The van der Waals surface area contributed by atoms with E-state index in [4.69, 9.17) is 5.73 Å². The Hall–Kier alpha value is -1.35. The van der Waals surface area contributed by atoms with Crippen molar-refractivity contribution in [1.82, 2.24) is 5.32 Å². The third-order valence-corrected chi connectivity index (χ3v) is 3.15. The van der Waals surface area contributed by atoms with E-state index in [1.165, 1.54) is 0 Å². The summed E-state index contributed by atoms with van der Waals surface area (Å²) in [5, 5.41) is 2.92. The van der Waals surface area contributed by atoms with Crippen LogP contribution in [0.2, 0.25) is 0 Å². The molecule has 0 radical (unpaired) electrons. The van der Waals surface area contributed by atoms with Gasteiger partial charge in [0.05, 0.1) is 0 Å². The van der Waals surface area contributed by atoms with Gasteiger partial charge in [-0.2, -0.15) is 0 Å². The molecule has 0 aliphatic carbocycles. The Labute approximate surface area is 116 Å². The zero-order valence-electron chi connectivity index (χ0n) is 12.2. The summed E-state index contributed by atoms with van der Waals surface area (Å²) in [6.45, 7) is 6.98. The Morgan fingerprint density at radius 2 is 1.84 bits per heavy atom. The molecule has 0 aliphatic heterocycles. The van der Waals surface area contributed by atoms with E-state index in [9.17, 15) is 4.79 Å². The van der Waals surface area contributed by atoms with E-state index in [-0.39, 0.29) is 11.9 Å². The molecular weight excluding hydrogens is 236 g/mol. The SMILES string of the molecule is CC(C)CC(C)CC(=O)NCC(N)c1ccccc1. The highest BCUT2D eigenvalue weighted by Crippen LogP contribution is 2.14. The van der Waals surface area contributed by atoms with Crippen molar-refractivity contribution in [2.24, 2.45) is 17.6 Å². The second-order valence-electron chi connectivity index (χ2n) is 5.76. The van der Waals surface area contributed by atoms with Gasteiger partial charge < -0.3 is 11.1 Å². The van der Waals surface area contributed by atoms with Crippen molar-refractivity contribution in [3.05, 3.63) is 35.9 Å². The third kappa shape index (κ3) is 6.39. The van der Waals surface area contributed by atoms with Gasteiger partial charge in [0, 0.05) is 19.0 Å². The summed E-state index contributed by atoms with van der Waals surface area (Å²) >= 11 is 0. The molecule has 3 heteroatoms. The molecule has 1 aromatic rings. The Morgan fingerprint density at radius 3 is 2.42 bits per heavy atom. The molecule has 0 aliphatic rings. The van der Waals surface area contributed by atoms with Gasteiger partial charge in [-0.25, -0.2) is 0 Å². The fourth-order valence-corrected chi connectivity index (χ4v) is 2.32. The van der Waals surface area contributed by atoms with Gasteiger partial charge in [0.15, 0.2) is 0 Å². The maximum atomic E-state index is 11.8. The normalized spacial score (nSPS) is 14.2. The molecule has 3 nitrogen and oxygen atoms in total. The topological polar surface area (TPSA) is 55.1 Å². The molecule has 0 aromatic heterocycles. The van der Waals surface area contributed by atoms with E-state index < -0.39 is 0 Å². The Kier molecular flexibility index (Phi) is 6.57. The minimum atomic E-state index is -0.134. The van der Waals surface area contributed by atoms with Crippen LogP contribution in [0.15, 0.2) is 30.3 Å². The highest BCUT2D eigenvalue weighted by molar-refractivity contribution is 5.76. The van der Waals surface area contributed by atoms with Crippen molar-refractivity contribution in [1.29, 1.82) is 0 Å². The van der Waals surface area contributed by atoms with Crippen LogP contribution in [0.5, 0.6) is 0 Å². The highest BCUT2D eigenvalue weighted by atomic mass is 16.1. The second kappa shape index (κ2) is 7.95. The van der Waals surface area contributed by atoms with E-state index in [1.807, 2.05) is 30.3 Å². The number of carbonyl (C=O) groups excluding carboxylic acids is 1. The molecule has 2 atom stereocenters. The smallest absolute Gasteiger partial charge is 0.220 e. The van der Waals surface area contributed by atoms with Crippen molar-refractivity contribution in [3.63, 3.8) is 0 Å². The number of hydrogen-bond acceptors (Lipinski definition) is 2. The number of rotatable bonds is 7. The summed E-state index contributed by atoms with van der Waals surface area (Å²) in [6.07, 6.45) is 1.66. The van der Waals surface area contributed by atoms with Crippen molar-refractivity contribution < 1.29 is 4.79 Å². The van der Waals surface area contributed by atoms with Crippen LogP contribution < -0.4 is 11.1 Å². The third-order valence-electron chi connectivity index (χ3n) is 3.15. The lowest BCUT2D eigenvalue weighted by atomic mass is 9.96. The average molecular weight is 262 g/mol. The quantitative estimate of drug-likeness (QED) is 0.794. The van der Waals surface area contributed by atoms with Gasteiger partial charge in [-0.05, 0) is 23.8 Å². The van der Waals surface area contributed by atoms with Gasteiger partial charge in [-0.15, -0.1) is 0 Å². The number of benzene rings is 1. The highest BCUT2D eigenvalue weighted by Gasteiger charge is 2.12. The van der Waals surface area contributed by atoms with Crippen LogP contribution in [0.4, 0.5) is 0 Å². The van der Waals surface area contributed by atoms with Gasteiger partial charge in [-0.3, -0.25) is 4.79 Å². The van der Waals surface area contributed by atoms with Crippen molar-refractivity contribution in [2.75, 3.05) is 6.54 Å². The minimum Gasteiger partial charge on any atom is -0.354 e. The van der Waals surface area contributed by atoms with Crippen molar-refractivity contribution >= 4 is 5.91 Å². The van der Waals surface area contributed by atoms with E-state index >= 15 is 0 Å². The fourth-order valence-electron chi connectivity index (χ4n) is 2.32. The fraction of sp³-hybridized carbons (Fsp3) is 0.562. The molecule has 0 heterocycles. The Morgan fingerprint density at radius 1 is 1.21 bits per heavy atom. The lowest BCUT2D eigenvalue weighted by Gasteiger charge is -2.16. The molecule has 19 heavy (non-hydrogen) atoms. The molecule has 3 N–H and O–H groups in total. The molecule has 0 spiro atoms. The van der Waals surface area contributed by atoms with Gasteiger partial charge in [0.2, 0.25) is 5.91 Å². The van der Waals surface area contributed by atoms with Gasteiger partial charge >= 0.3 is 0 Å². The predicted octanol–water partition coefficient (Wildman–Crippen LogP) is 2.87. The van der Waals surface area contributed by atoms with Crippen LogP contribution in [-0.4, -0.2) is 12.5 Å². The van der Waals surface area contributed by atoms with Crippen molar-refractivity contribution in [2.45, 2.75) is 39.7 Å². The van der Waals surface area contributed by atoms with Gasteiger partial charge in [0.25, 0.3) is 0 Å². The molecule has 0 bridgehead atoms.